The molecule has 1 spiro atoms. The number of carbonyl (C=O) groups excluding carboxylic acids is 1. The number of rotatable bonds is 4. The maximum absolute atomic E-state index is 14.1. The highest BCUT2D eigenvalue weighted by molar-refractivity contribution is 5.96. The third-order valence-corrected chi connectivity index (χ3v) is 6.90. The second-order valence-corrected chi connectivity index (χ2v) is 9.00. The Morgan fingerprint density at radius 3 is 2.55 bits per heavy atom. The molecule has 156 valence electrons. The molecule has 0 saturated heterocycles. The largest absolute Gasteiger partial charge is 0.339 e. The molecule has 3 aromatic rings. The Balaban J connectivity index is 1.35. The van der Waals surface area contributed by atoms with E-state index < -0.39 is 0 Å². The Kier molecular flexibility index (Phi) is 3.94. The van der Waals surface area contributed by atoms with Crippen molar-refractivity contribution in [3.63, 3.8) is 0 Å². The second kappa shape index (κ2) is 6.61. The lowest BCUT2D eigenvalue weighted by Crippen LogP contribution is -2.28. The third-order valence-electron chi connectivity index (χ3n) is 6.90. The fraction of sp³-hybridized carbons (Fsp3) is 0.320. The number of hydrogen-bond donors (Lipinski definition) is 0. The predicted octanol–water partition coefficient (Wildman–Crippen LogP) is 4.70. The Morgan fingerprint density at radius 2 is 1.87 bits per heavy atom. The van der Waals surface area contributed by atoms with E-state index in [1.807, 2.05) is 24.1 Å². The van der Waals surface area contributed by atoms with Gasteiger partial charge in [0.2, 0.25) is 5.95 Å². The van der Waals surface area contributed by atoms with E-state index in [1.165, 1.54) is 11.6 Å². The minimum atomic E-state index is -0.287. The van der Waals surface area contributed by atoms with Crippen LogP contribution in [0.4, 0.5) is 16.0 Å². The normalized spacial score (nSPS) is 18.2. The van der Waals surface area contributed by atoms with Crippen LogP contribution in [0, 0.1) is 5.82 Å². The molecule has 0 atom stereocenters. The molecule has 2 heterocycles. The Labute approximate surface area is 180 Å². The van der Waals surface area contributed by atoms with Crippen molar-refractivity contribution in [2.75, 3.05) is 18.5 Å². The molecule has 0 unspecified atom stereocenters. The van der Waals surface area contributed by atoms with Crippen molar-refractivity contribution >= 4 is 17.5 Å². The van der Waals surface area contributed by atoms with E-state index in [0.717, 1.165) is 37.9 Å². The molecular weight excluding hydrogens is 391 g/mol. The molecule has 2 fully saturated rings. The number of carbonyl (C=O) groups is 1. The smallest absolute Gasteiger partial charge is 0.253 e. The SMILES string of the molecule is CN(C(=O)c1ccc2c(c1)N(c1ncc(-c3ccccc3F)cn1)CC21CC1)C1CC1. The van der Waals surface area contributed by atoms with E-state index in [-0.39, 0.29) is 17.1 Å². The summed E-state index contributed by atoms with van der Waals surface area (Å²) in [6.07, 6.45) is 7.80. The maximum atomic E-state index is 14.1. The van der Waals surface area contributed by atoms with Crippen LogP contribution in [-0.2, 0) is 5.41 Å². The van der Waals surface area contributed by atoms with Crippen LogP contribution in [0.1, 0.15) is 41.6 Å². The van der Waals surface area contributed by atoms with Crippen LogP contribution in [0.5, 0.6) is 0 Å². The average Bonchev–Trinajstić information content (AvgIpc) is 3.72. The number of halogens is 1. The summed E-state index contributed by atoms with van der Waals surface area (Å²) in [4.78, 5) is 26.0. The fourth-order valence-corrected chi connectivity index (χ4v) is 4.69. The zero-order valence-electron chi connectivity index (χ0n) is 17.4. The van der Waals surface area contributed by atoms with Crippen LogP contribution < -0.4 is 4.90 Å². The maximum Gasteiger partial charge on any atom is 0.253 e. The lowest BCUT2D eigenvalue weighted by atomic mass is 9.97. The molecule has 31 heavy (non-hydrogen) atoms. The van der Waals surface area contributed by atoms with E-state index >= 15 is 0 Å². The van der Waals surface area contributed by atoms with Gasteiger partial charge in [-0.15, -0.1) is 0 Å². The van der Waals surface area contributed by atoms with Crippen LogP contribution in [0.3, 0.4) is 0 Å². The number of hydrogen-bond acceptors (Lipinski definition) is 4. The summed E-state index contributed by atoms with van der Waals surface area (Å²) in [6, 6.07) is 13.1. The first-order valence-electron chi connectivity index (χ1n) is 10.8. The second-order valence-electron chi connectivity index (χ2n) is 9.00. The molecule has 6 rings (SSSR count). The quantitative estimate of drug-likeness (QED) is 0.621. The highest BCUT2D eigenvalue weighted by Crippen LogP contribution is 2.57. The summed E-state index contributed by atoms with van der Waals surface area (Å²) >= 11 is 0. The van der Waals surface area contributed by atoms with E-state index in [1.54, 1.807) is 30.6 Å². The highest BCUT2D eigenvalue weighted by atomic mass is 19.1. The molecule has 2 aromatic carbocycles. The summed E-state index contributed by atoms with van der Waals surface area (Å²) in [5.74, 6) is 0.369. The fourth-order valence-electron chi connectivity index (χ4n) is 4.69. The molecule has 5 nitrogen and oxygen atoms in total. The van der Waals surface area contributed by atoms with Crippen molar-refractivity contribution in [2.24, 2.45) is 0 Å². The van der Waals surface area contributed by atoms with Gasteiger partial charge < -0.3 is 9.80 Å². The topological polar surface area (TPSA) is 49.3 Å². The highest BCUT2D eigenvalue weighted by Gasteiger charge is 2.52. The van der Waals surface area contributed by atoms with Gasteiger partial charge in [-0.25, -0.2) is 14.4 Å². The van der Waals surface area contributed by atoms with Crippen molar-refractivity contribution < 1.29 is 9.18 Å². The summed E-state index contributed by atoms with van der Waals surface area (Å²) in [6.45, 7) is 0.817. The molecule has 1 aliphatic heterocycles. The zero-order valence-corrected chi connectivity index (χ0v) is 17.4. The van der Waals surface area contributed by atoms with Crippen LogP contribution >= 0.6 is 0 Å². The van der Waals surface area contributed by atoms with Gasteiger partial charge in [0.25, 0.3) is 5.91 Å². The lowest BCUT2D eigenvalue weighted by Gasteiger charge is -2.20. The molecular formula is C25H23FN4O. The number of amides is 1. The zero-order chi connectivity index (χ0) is 21.2. The first kappa shape index (κ1) is 18.5. The van der Waals surface area contributed by atoms with Gasteiger partial charge in [0, 0.05) is 59.8 Å². The molecule has 3 aliphatic rings. The summed E-state index contributed by atoms with van der Waals surface area (Å²) < 4.78 is 14.1. The molecule has 2 aliphatic carbocycles. The molecule has 2 saturated carbocycles. The molecule has 0 bridgehead atoms. The van der Waals surface area contributed by atoms with Crippen molar-refractivity contribution in [1.29, 1.82) is 0 Å². The van der Waals surface area contributed by atoms with Crippen LogP contribution in [0.25, 0.3) is 11.1 Å². The van der Waals surface area contributed by atoms with E-state index in [9.17, 15) is 9.18 Å². The van der Waals surface area contributed by atoms with Gasteiger partial charge in [0.1, 0.15) is 5.82 Å². The number of anilines is 2. The minimum absolute atomic E-state index is 0.0674. The number of benzene rings is 2. The van der Waals surface area contributed by atoms with Gasteiger partial charge in [-0.05, 0) is 49.4 Å². The average molecular weight is 414 g/mol. The Bertz CT molecular complexity index is 1180. The van der Waals surface area contributed by atoms with Gasteiger partial charge in [-0.1, -0.05) is 24.3 Å². The van der Waals surface area contributed by atoms with E-state index in [2.05, 4.69) is 20.9 Å². The first-order chi connectivity index (χ1) is 15.1. The minimum Gasteiger partial charge on any atom is -0.339 e. The van der Waals surface area contributed by atoms with Crippen LogP contribution in [-0.4, -0.2) is 40.4 Å². The van der Waals surface area contributed by atoms with Crippen molar-refractivity contribution in [3.05, 3.63) is 71.8 Å². The van der Waals surface area contributed by atoms with Gasteiger partial charge in [0.05, 0.1) is 0 Å². The molecule has 1 amide bonds. The first-order valence-corrected chi connectivity index (χ1v) is 10.8. The number of aromatic nitrogens is 2. The summed E-state index contributed by atoms with van der Waals surface area (Å²) in [7, 11) is 1.89. The van der Waals surface area contributed by atoms with Crippen molar-refractivity contribution in [2.45, 2.75) is 37.1 Å². The van der Waals surface area contributed by atoms with Gasteiger partial charge in [-0.2, -0.15) is 0 Å². The standard InChI is InChI=1S/C25H23FN4O/c1-29(18-7-8-18)23(31)16-6-9-20-22(12-16)30(15-25(20)10-11-25)24-27-13-17(14-28-24)19-4-2-3-5-21(19)26/h2-6,9,12-14,18H,7-8,10-11,15H2,1H3. The van der Waals surface area contributed by atoms with Gasteiger partial charge >= 0.3 is 0 Å². The molecule has 0 radical (unpaired) electrons. The number of fused-ring (bicyclic) bond motifs is 2. The van der Waals surface area contributed by atoms with Gasteiger partial charge in [0.15, 0.2) is 0 Å². The summed E-state index contributed by atoms with van der Waals surface area (Å²) in [5.41, 5.74) is 4.29. The predicted molar refractivity (Wildman–Crippen MR) is 117 cm³/mol. The van der Waals surface area contributed by atoms with Gasteiger partial charge in [-0.3, -0.25) is 4.79 Å². The van der Waals surface area contributed by atoms with E-state index in [4.69, 9.17) is 0 Å². The monoisotopic (exact) mass is 414 g/mol. The Hall–Kier alpha value is -3.28. The van der Waals surface area contributed by atoms with Crippen LogP contribution in [0.2, 0.25) is 0 Å². The number of nitrogens with zero attached hydrogens (tertiary/aromatic N) is 4. The van der Waals surface area contributed by atoms with Crippen LogP contribution in [0.15, 0.2) is 54.9 Å². The third kappa shape index (κ3) is 3.00. The van der Waals surface area contributed by atoms with Crippen molar-refractivity contribution in [3.8, 4) is 11.1 Å². The molecule has 1 aromatic heterocycles. The van der Waals surface area contributed by atoms with Crippen molar-refractivity contribution in [1.82, 2.24) is 14.9 Å². The van der Waals surface area contributed by atoms with E-state index in [0.29, 0.717) is 28.7 Å². The lowest BCUT2D eigenvalue weighted by molar-refractivity contribution is 0.0785. The molecule has 6 heteroatoms. The molecule has 0 N–H and O–H groups in total. The summed E-state index contributed by atoms with van der Waals surface area (Å²) in [5, 5.41) is 0. The Morgan fingerprint density at radius 1 is 1.13 bits per heavy atom.